The summed E-state index contributed by atoms with van der Waals surface area (Å²) in [6.45, 7) is 1.53. The molecule has 18 heavy (non-hydrogen) atoms. The number of nitrogens with two attached hydrogens (primary N) is 1. The second-order valence-corrected chi connectivity index (χ2v) is 6.59. The number of pyridine rings is 1. The maximum Gasteiger partial charge on any atom is 0.243 e. The molecule has 1 amide bonds. The number of carbonyl (C=O) groups is 1. The summed E-state index contributed by atoms with van der Waals surface area (Å²) in [6, 6.07) is 0.705. The number of aromatic nitrogens is 1. The summed E-state index contributed by atoms with van der Waals surface area (Å²) in [5, 5.41) is -0.142. The maximum atomic E-state index is 12.0. The van der Waals surface area contributed by atoms with Crippen molar-refractivity contribution in [2.75, 3.05) is 0 Å². The highest BCUT2D eigenvalue weighted by Crippen LogP contribution is 2.22. The third-order valence-electron chi connectivity index (χ3n) is 1.93. The molecule has 0 fully saturated rings. The third-order valence-corrected chi connectivity index (χ3v) is 4.38. The number of nitrogens with zero attached hydrogens (tertiary/aromatic N) is 1. The van der Waals surface area contributed by atoms with Crippen LogP contribution < -0.4 is 10.5 Å². The van der Waals surface area contributed by atoms with Gasteiger partial charge in [0, 0.05) is 23.1 Å². The lowest BCUT2D eigenvalue weighted by Gasteiger charge is -2.13. The Hall–Kier alpha value is -0.700. The fraction of sp³-hybridized carbons (Fsp3) is 0.333. The monoisotopic (exact) mass is 355 g/mol. The average molecular weight is 357 g/mol. The number of carbonyl (C=O) groups excluding carboxylic acids is 1. The van der Waals surface area contributed by atoms with Crippen LogP contribution in [0.15, 0.2) is 21.6 Å². The Bertz CT molecular complexity index is 564. The van der Waals surface area contributed by atoms with Crippen molar-refractivity contribution in [3.05, 3.63) is 21.9 Å². The normalized spacial score (nSPS) is 13.3. The number of hydrogen-bond acceptors (Lipinski definition) is 4. The second-order valence-electron chi connectivity index (χ2n) is 3.64. The number of hydrogen-bond donors (Lipinski definition) is 2. The molecule has 0 saturated carbocycles. The van der Waals surface area contributed by atoms with E-state index in [1.165, 1.54) is 19.2 Å². The van der Waals surface area contributed by atoms with E-state index in [9.17, 15) is 13.2 Å². The van der Waals surface area contributed by atoms with Crippen molar-refractivity contribution < 1.29 is 13.2 Å². The molecule has 1 aromatic rings. The standard InChI is InChI=1S/C9H11BrClN3O3S/c1-5(2-8(12)15)14-18(16,17)7-3-6(10)4-13-9(7)11/h3-5,14H,2H2,1H3,(H2,12,15). The zero-order valence-electron chi connectivity index (χ0n) is 9.35. The van der Waals surface area contributed by atoms with Gasteiger partial charge in [0.25, 0.3) is 0 Å². The molecule has 9 heteroatoms. The minimum Gasteiger partial charge on any atom is -0.370 e. The predicted molar refractivity (Wildman–Crippen MR) is 70.5 cm³/mol. The number of halogens is 2. The van der Waals surface area contributed by atoms with Gasteiger partial charge in [0.15, 0.2) is 0 Å². The van der Waals surface area contributed by atoms with E-state index >= 15 is 0 Å². The Morgan fingerprint density at radius 1 is 1.67 bits per heavy atom. The summed E-state index contributed by atoms with van der Waals surface area (Å²) >= 11 is 8.83. The molecule has 1 atom stereocenters. The van der Waals surface area contributed by atoms with Crippen molar-refractivity contribution >= 4 is 43.5 Å². The topological polar surface area (TPSA) is 102 Å². The number of amides is 1. The maximum absolute atomic E-state index is 12.0. The van der Waals surface area contributed by atoms with Crippen LogP contribution in [0.25, 0.3) is 0 Å². The predicted octanol–water partition coefficient (Wildman–Crippen LogP) is 1.04. The highest BCUT2D eigenvalue weighted by molar-refractivity contribution is 9.10. The lowest BCUT2D eigenvalue weighted by Crippen LogP contribution is -2.35. The first-order valence-electron chi connectivity index (χ1n) is 4.84. The Balaban J connectivity index is 2.99. The summed E-state index contributed by atoms with van der Waals surface area (Å²) in [4.78, 5) is 14.3. The van der Waals surface area contributed by atoms with Gasteiger partial charge in [0.1, 0.15) is 10.0 Å². The lowest BCUT2D eigenvalue weighted by molar-refractivity contribution is -0.118. The Kier molecular flexibility index (Phi) is 5.09. The molecule has 1 rings (SSSR count). The van der Waals surface area contributed by atoms with E-state index in [4.69, 9.17) is 17.3 Å². The average Bonchev–Trinajstić information content (AvgIpc) is 2.19. The zero-order valence-corrected chi connectivity index (χ0v) is 12.5. The minimum atomic E-state index is -3.84. The second kappa shape index (κ2) is 5.96. The zero-order chi connectivity index (χ0) is 13.9. The minimum absolute atomic E-state index is 0.0989. The molecule has 0 bridgehead atoms. The van der Waals surface area contributed by atoms with Gasteiger partial charge in [-0.15, -0.1) is 0 Å². The molecular formula is C9H11BrClN3O3S. The molecule has 6 nitrogen and oxygen atoms in total. The molecule has 0 saturated heterocycles. The third kappa shape index (κ3) is 4.20. The Morgan fingerprint density at radius 2 is 2.28 bits per heavy atom. The Labute approximate surface area is 118 Å². The van der Waals surface area contributed by atoms with Crippen molar-refractivity contribution in [1.29, 1.82) is 0 Å². The van der Waals surface area contributed by atoms with E-state index < -0.39 is 22.0 Å². The van der Waals surface area contributed by atoms with Gasteiger partial charge in [0.2, 0.25) is 15.9 Å². The van der Waals surface area contributed by atoms with Crippen LogP contribution in [0, 0.1) is 0 Å². The van der Waals surface area contributed by atoms with Crippen LogP contribution in [0.1, 0.15) is 13.3 Å². The SMILES string of the molecule is CC(CC(N)=O)NS(=O)(=O)c1cc(Br)cnc1Cl. The van der Waals surface area contributed by atoms with Crippen LogP contribution in [0.5, 0.6) is 0 Å². The quantitative estimate of drug-likeness (QED) is 0.769. The van der Waals surface area contributed by atoms with Crippen LogP contribution in [0.3, 0.4) is 0 Å². The van der Waals surface area contributed by atoms with Crippen molar-refractivity contribution in [1.82, 2.24) is 9.71 Å². The number of nitrogens with one attached hydrogen (secondary N) is 1. The van der Waals surface area contributed by atoms with Crippen LogP contribution in [0.2, 0.25) is 5.15 Å². The largest absolute Gasteiger partial charge is 0.370 e. The molecule has 0 aromatic carbocycles. The first-order valence-corrected chi connectivity index (χ1v) is 7.49. The van der Waals surface area contributed by atoms with Crippen LogP contribution in [-0.2, 0) is 14.8 Å². The van der Waals surface area contributed by atoms with E-state index in [-0.39, 0.29) is 16.5 Å². The van der Waals surface area contributed by atoms with Gasteiger partial charge in [-0.3, -0.25) is 4.79 Å². The molecule has 1 unspecified atom stereocenters. The lowest BCUT2D eigenvalue weighted by atomic mass is 10.2. The number of sulfonamides is 1. The highest BCUT2D eigenvalue weighted by Gasteiger charge is 2.22. The van der Waals surface area contributed by atoms with Gasteiger partial charge in [-0.05, 0) is 28.9 Å². The molecule has 0 radical (unpaired) electrons. The van der Waals surface area contributed by atoms with Crippen molar-refractivity contribution in [3.8, 4) is 0 Å². The molecule has 3 N–H and O–H groups in total. The summed E-state index contributed by atoms with van der Waals surface area (Å²) in [6.07, 6.45) is 1.28. The molecule has 100 valence electrons. The summed E-state index contributed by atoms with van der Waals surface area (Å²) in [5.74, 6) is -0.594. The molecule has 0 spiro atoms. The summed E-state index contributed by atoms with van der Waals surface area (Å²) in [5.41, 5.74) is 4.99. The van der Waals surface area contributed by atoms with E-state index in [0.29, 0.717) is 4.47 Å². The fourth-order valence-electron chi connectivity index (χ4n) is 1.26. The first-order chi connectivity index (χ1) is 8.22. The molecule has 0 aliphatic heterocycles. The first kappa shape index (κ1) is 15.4. The molecule has 1 aromatic heterocycles. The smallest absolute Gasteiger partial charge is 0.243 e. The molecule has 0 aliphatic carbocycles. The van der Waals surface area contributed by atoms with Gasteiger partial charge in [0.05, 0.1) is 0 Å². The van der Waals surface area contributed by atoms with E-state index in [1.807, 2.05) is 0 Å². The fourth-order valence-corrected chi connectivity index (χ4v) is 3.45. The van der Waals surface area contributed by atoms with Crippen LogP contribution in [-0.4, -0.2) is 25.4 Å². The van der Waals surface area contributed by atoms with E-state index in [1.54, 1.807) is 0 Å². The van der Waals surface area contributed by atoms with Gasteiger partial charge in [-0.2, -0.15) is 0 Å². The van der Waals surface area contributed by atoms with E-state index in [2.05, 4.69) is 25.6 Å². The van der Waals surface area contributed by atoms with Crippen molar-refractivity contribution in [2.45, 2.75) is 24.3 Å². The van der Waals surface area contributed by atoms with Crippen molar-refractivity contribution in [3.63, 3.8) is 0 Å². The van der Waals surface area contributed by atoms with Gasteiger partial charge >= 0.3 is 0 Å². The highest BCUT2D eigenvalue weighted by atomic mass is 79.9. The molecule has 0 aliphatic rings. The Morgan fingerprint density at radius 3 is 2.83 bits per heavy atom. The number of primary amides is 1. The summed E-state index contributed by atoms with van der Waals surface area (Å²) in [7, 11) is -3.84. The van der Waals surface area contributed by atoms with Gasteiger partial charge in [-0.25, -0.2) is 18.1 Å². The number of rotatable bonds is 5. The summed E-state index contributed by atoms with van der Waals surface area (Å²) < 4.78 is 26.8. The van der Waals surface area contributed by atoms with Crippen LogP contribution in [0.4, 0.5) is 0 Å². The molecule has 1 heterocycles. The van der Waals surface area contributed by atoms with Gasteiger partial charge < -0.3 is 5.73 Å². The van der Waals surface area contributed by atoms with Crippen LogP contribution >= 0.6 is 27.5 Å². The van der Waals surface area contributed by atoms with Gasteiger partial charge in [-0.1, -0.05) is 11.6 Å². The molecular weight excluding hydrogens is 346 g/mol. The van der Waals surface area contributed by atoms with E-state index in [0.717, 1.165) is 0 Å². The van der Waals surface area contributed by atoms with Crippen molar-refractivity contribution in [2.24, 2.45) is 5.73 Å².